The summed E-state index contributed by atoms with van der Waals surface area (Å²) < 4.78 is 0. The second-order valence-electron chi connectivity index (χ2n) is 8.00. The molecule has 0 N–H and O–H groups in total. The van der Waals surface area contributed by atoms with Gasteiger partial charge in [0, 0.05) is 0 Å². The zero-order valence-corrected chi connectivity index (χ0v) is 13.4. The Morgan fingerprint density at radius 3 is 2.10 bits per heavy atom. The van der Waals surface area contributed by atoms with Crippen LogP contribution in [0.4, 0.5) is 0 Å². The average molecular weight is 289 g/mol. The molecule has 4 bridgehead atoms. The van der Waals surface area contributed by atoms with Crippen LogP contribution in [0.2, 0.25) is 0 Å². The maximum Gasteiger partial charge on any atom is 0.0644 e. The first-order chi connectivity index (χ1) is 9.56. The Balaban J connectivity index is 1.71. The van der Waals surface area contributed by atoms with Crippen LogP contribution in [-0.2, 0) is 0 Å². The third kappa shape index (κ3) is 1.95. The number of aryl methyl sites for hydroxylation is 2. The molecular weight excluding hydrogens is 264 g/mol. The molecule has 0 heterocycles. The highest BCUT2D eigenvalue weighted by molar-refractivity contribution is 6.21. The van der Waals surface area contributed by atoms with E-state index in [1.807, 2.05) is 0 Å². The van der Waals surface area contributed by atoms with Crippen molar-refractivity contribution in [2.24, 2.45) is 23.2 Å². The van der Waals surface area contributed by atoms with Gasteiger partial charge in [0.2, 0.25) is 0 Å². The highest BCUT2D eigenvalue weighted by Crippen LogP contribution is 2.65. The summed E-state index contributed by atoms with van der Waals surface area (Å²) in [6.07, 6.45) is 8.66. The largest absolute Gasteiger partial charge is 0.117 e. The van der Waals surface area contributed by atoms with Crippen LogP contribution in [0.3, 0.4) is 0 Å². The van der Waals surface area contributed by atoms with E-state index in [9.17, 15) is 0 Å². The maximum atomic E-state index is 7.10. The zero-order chi connectivity index (χ0) is 13.9. The van der Waals surface area contributed by atoms with Crippen LogP contribution in [0.15, 0.2) is 18.2 Å². The minimum absolute atomic E-state index is 0.232. The summed E-state index contributed by atoms with van der Waals surface area (Å²) in [6, 6.07) is 6.80. The van der Waals surface area contributed by atoms with Gasteiger partial charge in [0.25, 0.3) is 0 Å². The SMILES string of the molecule is Cc1ccc(C)c(C(Cl)C23CC4CC(CC(C4)C2)C3)c1. The molecule has 1 aromatic rings. The maximum absolute atomic E-state index is 7.10. The molecule has 4 fully saturated rings. The van der Waals surface area contributed by atoms with E-state index >= 15 is 0 Å². The number of alkyl halides is 1. The molecule has 1 unspecified atom stereocenters. The third-order valence-corrected chi connectivity index (χ3v) is 7.03. The Bertz CT molecular complexity index is 495. The van der Waals surface area contributed by atoms with Crippen molar-refractivity contribution in [3.05, 3.63) is 34.9 Å². The minimum Gasteiger partial charge on any atom is -0.117 e. The first-order valence-corrected chi connectivity index (χ1v) is 8.70. The predicted molar refractivity (Wildman–Crippen MR) is 85.1 cm³/mol. The first kappa shape index (κ1) is 13.2. The van der Waals surface area contributed by atoms with Gasteiger partial charge >= 0.3 is 0 Å². The summed E-state index contributed by atoms with van der Waals surface area (Å²) in [4.78, 5) is 0. The average Bonchev–Trinajstić information content (AvgIpc) is 2.39. The molecule has 20 heavy (non-hydrogen) atoms. The van der Waals surface area contributed by atoms with Crippen molar-refractivity contribution in [2.45, 2.75) is 57.7 Å². The van der Waals surface area contributed by atoms with Gasteiger partial charge < -0.3 is 0 Å². The normalized spacial score (nSPS) is 40.0. The molecule has 0 saturated heterocycles. The minimum atomic E-state index is 0.232. The molecule has 5 rings (SSSR count). The number of benzene rings is 1. The fourth-order valence-corrected chi connectivity index (χ4v) is 6.35. The molecule has 108 valence electrons. The quantitative estimate of drug-likeness (QED) is 0.603. The molecule has 4 aliphatic carbocycles. The van der Waals surface area contributed by atoms with Crippen molar-refractivity contribution < 1.29 is 0 Å². The lowest BCUT2D eigenvalue weighted by molar-refractivity contribution is -0.0552. The summed E-state index contributed by atoms with van der Waals surface area (Å²) in [5, 5.41) is 0.232. The number of rotatable bonds is 2. The molecule has 1 heteroatoms. The van der Waals surface area contributed by atoms with Crippen molar-refractivity contribution in [3.63, 3.8) is 0 Å². The van der Waals surface area contributed by atoms with Crippen molar-refractivity contribution >= 4 is 11.6 Å². The second-order valence-corrected chi connectivity index (χ2v) is 8.44. The van der Waals surface area contributed by atoms with Gasteiger partial charge in [-0.1, -0.05) is 23.8 Å². The number of hydrogen-bond donors (Lipinski definition) is 0. The van der Waals surface area contributed by atoms with E-state index in [0.29, 0.717) is 5.41 Å². The summed E-state index contributed by atoms with van der Waals surface area (Å²) in [6.45, 7) is 4.41. The van der Waals surface area contributed by atoms with Crippen LogP contribution in [-0.4, -0.2) is 0 Å². The van der Waals surface area contributed by atoms with Crippen LogP contribution in [0.1, 0.15) is 60.6 Å². The Labute approximate surface area is 127 Å². The first-order valence-electron chi connectivity index (χ1n) is 8.27. The molecule has 0 amide bonds. The van der Waals surface area contributed by atoms with Crippen molar-refractivity contribution in [3.8, 4) is 0 Å². The van der Waals surface area contributed by atoms with Crippen LogP contribution in [0.25, 0.3) is 0 Å². The van der Waals surface area contributed by atoms with Gasteiger partial charge in [-0.05, 0) is 86.7 Å². The van der Waals surface area contributed by atoms with Crippen LogP contribution in [0, 0.1) is 37.0 Å². The van der Waals surface area contributed by atoms with Gasteiger partial charge in [0.05, 0.1) is 5.38 Å². The van der Waals surface area contributed by atoms with E-state index in [0.717, 1.165) is 17.8 Å². The molecule has 0 spiro atoms. The molecule has 0 radical (unpaired) electrons. The molecule has 4 saturated carbocycles. The lowest BCUT2D eigenvalue weighted by Gasteiger charge is -2.58. The summed E-state index contributed by atoms with van der Waals surface area (Å²) in [5.41, 5.74) is 4.55. The van der Waals surface area contributed by atoms with E-state index in [-0.39, 0.29) is 5.38 Å². The summed E-state index contributed by atoms with van der Waals surface area (Å²) in [7, 11) is 0. The smallest absolute Gasteiger partial charge is 0.0644 e. The van der Waals surface area contributed by atoms with Gasteiger partial charge in [-0.2, -0.15) is 0 Å². The van der Waals surface area contributed by atoms with Crippen LogP contribution < -0.4 is 0 Å². The van der Waals surface area contributed by atoms with Gasteiger partial charge in [-0.3, -0.25) is 0 Å². The molecule has 1 atom stereocenters. The molecule has 0 aromatic heterocycles. The fourth-order valence-electron chi connectivity index (χ4n) is 5.85. The highest BCUT2D eigenvalue weighted by atomic mass is 35.5. The van der Waals surface area contributed by atoms with Gasteiger partial charge in [0.1, 0.15) is 0 Å². The third-order valence-electron chi connectivity index (χ3n) is 6.33. The predicted octanol–water partition coefficient (Wildman–Crippen LogP) is 5.80. The Morgan fingerprint density at radius 1 is 1.00 bits per heavy atom. The number of halogens is 1. The number of hydrogen-bond acceptors (Lipinski definition) is 0. The highest BCUT2D eigenvalue weighted by Gasteiger charge is 2.54. The Hall–Kier alpha value is -0.490. The Kier molecular flexibility index (Phi) is 2.97. The lowest BCUT2D eigenvalue weighted by Crippen LogP contribution is -2.48. The van der Waals surface area contributed by atoms with Crippen LogP contribution >= 0.6 is 11.6 Å². The van der Waals surface area contributed by atoms with Crippen LogP contribution in [0.5, 0.6) is 0 Å². The Morgan fingerprint density at radius 2 is 1.55 bits per heavy atom. The van der Waals surface area contributed by atoms with Gasteiger partial charge in [-0.15, -0.1) is 11.6 Å². The van der Waals surface area contributed by atoms with Gasteiger partial charge in [-0.25, -0.2) is 0 Å². The monoisotopic (exact) mass is 288 g/mol. The van der Waals surface area contributed by atoms with E-state index in [2.05, 4.69) is 32.0 Å². The van der Waals surface area contributed by atoms with E-state index < -0.39 is 0 Å². The van der Waals surface area contributed by atoms with E-state index in [4.69, 9.17) is 11.6 Å². The second kappa shape index (κ2) is 4.50. The molecular formula is C19H25Cl. The fraction of sp³-hybridized carbons (Fsp3) is 0.684. The molecule has 4 aliphatic rings. The van der Waals surface area contributed by atoms with E-state index in [1.165, 1.54) is 55.2 Å². The lowest BCUT2D eigenvalue weighted by atomic mass is 9.48. The topological polar surface area (TPSA) is 0 Å². The standard InChI is InChI=1S/C19H25Cl/c1-12-3-4-13(2)17(5-12)18(20)19-9-14-6-15(10-19)8-16(7-14)11-19/h3-5,14-16,18H,6-11H2,1-2H3. The summed E-state index contributed by atoms with van der Waals surface area (Å²) in [5.74, 6) is 2.94. The van der Waals surface area contributed by atoms with Crippen molar-refractivity contribution in [1.82, 2.24) is 0 Å². The molecule has 0 nitrogen and oxygen atoms in total. The van der Waals surface area contributed by atoms with Crippen molar-refractivity contribution in [2.75, 3.05) is 0 Å². The van der Waals surface area contributed by atoms with Crippen molar-refractivity contribution in [1.29, 1.82) is 0 Å². The molecule has 0 aliphatic heterocycles. The zero-order valence-electron chi connectivity index (χ0n) is 12.7. The van der Waals surface area contributed by atoms with E-state index in [1.54, 1.807) is 0 Å². The molecule has 1 aromatic carbocycles. The summed E-state index contributed by atoms with van der Waals surface area (Å²) >= 11 is 7.10. The van der Waals surface area contributed by atoms with Gasteiger partial charge in [0.15, 0.2) is 0 Å².